The van der Waals surface area contributed by atoms with Gasteiger partial charge in [-0.15, -0.1) is 0 Å². The van der Waals surface area contributed by atoms with E-state index >= 15 is 0 Å². The van der Waals surface area contributed by atoms with Crippen LogP contribution < -0.4 is 20.4 Å². The van der Waals surface area contributed by atoms with Crippen LogP contribution in [0.4, 0.5) is 11.5 Å². The van der Waals surface area contributed by atoms with Crippen molar-refractivity contribution in [1.29, 1.82) is 0 Å². The van der Waals surface area contributed by atoms with Gasteiger partial charge >= 0.3 is 0 Å². The minimum absolute atomic E-state index is 0.503. The molecular formula is C25H32N5O2. The monoisotopic (exact) mass is 434 g/mol. The summed E-state index contributed by atoms with van der Waals surface area (Å²) in [7, 11) is 0. The molecule has 0 spiro atoms. The fourth-order valence-corrected chi connectivity index (χ4v) is 3.85. The molecule has 169 valence electrons. The van der Waals surface area contributed by atoms with E-state index in [1.807, 2.05) is 24.3 Å². The summed E-state index contributed by atoms with van der Waals surface area (Å²) in [6.45, 7) is 6.35. The summed E-state index contributed by atoms with van der Waals surface area (Å²) >= 11 is 0. The van der Waals surface area contributed by atoms with Crippen molar-refractivity contribution in [1.82, 2.24) is 10.3 Å². The third-order valence-electron chi connectivity index (χ3n) is 5.52. The molecule has 1 saturated heterocycles. The van der Waals surface area contributed by atoms with Crippen LogP contribution >= 0.6 is 0 Å². The average Bonchev–Trinajstić information content (AvgIpc) is 2.83. The number of nitrogens with zero attached hydrogens (tertiary/aromatic N) is 4. The topological polar surface area (TPSA) is 73.1 Å². The van der Waals surface area contributed by atoms with E-state index < -0.39 is 0 Å². The lowest BCUT2D eigenvalue weighted by Gasteiger charge is -2.29. The van der Waals surface area contributed by atoms with E-state index in [0.717, 1.165) is 50.4 Å². The minimum Gasteiger partial charge on any atom is -0.476 e. The van der Waals surface area contributed by atoms with Gasteiger partial charge < -0.3 is 14.4 Å². The van der Waals surface area contributed by atoms with Crippen LogP contribution in [0.1, 0.15) is 36.8 Å². The normalized spacial score (nSPS) is 16.7. The molecule has 1 aliphatic carbocycles. The van der Waals surface area contributed by atoms with Crippen LogP contribution in [0.15, 0.2) is 53.3 Å². The first-order valence-corrected chi connectivity index (χ1v) is 11.5. The second kappa shape index (κ2) is 11.5. The molecule has 1 aliphatic heterocycles. The summed E-state index contributed by atoms with van der Waals surface area (Å²) < 4.78 is 11.5. The molecule has 1 fully saturated rings. The number of hydrogen-bond acceptors (Lipinski definition) is 6. The number of allylic oxidation sites excluding steroid dienone is 2. The Morgan fingerprint density at radius 1 is 1.19 bits per heavy atom. The van der Waals surface area contributed by atoms with Gasteiger partial charge in [0.05, 0.1) is 26.0 Å². The van der Waals surface area contributed by atoms with E-state index in [1.165, 1.54) is 24.1 Å². The Bertz CT molecular complexity index is 938. The molecule has 0 amide bonds. The predicted octanol–water partition coefficient (Wildman–Crippen LogP) is 4.11. The van der Waals surface area contributed by atoms with Gasteiger partial charge in [0, 0.05) is 36.6 Å². The van der Waals surface area contributed by atoms with Gasteiger partial charge in [0.1, 0.15) is 6.61 Å². The summed E-state index contributed by atoms with van der Waals surface area (Å²) in [5, 5.41) is 9.04. The van der Waals surface area contributed by atoms with Crippen LogP contribution in [0, 0.1) is 6.92 Å². The fraction of sp³-hybridized carbons (Fsp3) is 0.440. The minimum atomic E-state index is 0.503. The van der Waals surface area contributed by atoms with Crippen molar-refractivity contribution in [2.75, 3.05) is 49.8 Å². The quantitative estimate of drug-likeness (QED) is 0.365. The summed E-state index contributed by atoms with van der Waals surface area (Å²) in [5.41, 5.74) is 7.57. The van der Waals surface area contributed by atoms with Crippen molar-refractivity contribution < 1.29 is 9.47 Å². The van der Waals surface area contributed by atoms with E-state index in [9.17, 15) is 0 Å². The summed E-state index contributed by atoms with van der Waals surface area (Å²) in [5.74, 6) is 1.23. The molecule has 2 heterocycles. The first kappa shape index (κ1) is 22.1. The molecule has 0 bridgehead atoms. The first-order valence-electron chi connectivity index (χ1n) is 11.5. The maximum Gasteiger partial charge on any atom is 0.217 e. The number of anilines is 2. The van der Waals surface area contributed by atoms with Crippen LogP contribution in [0.3, 0.4) is 0 Å². The van der Waals surface area contributed by atoms with Crippen molar-refractivity contribution in [2.24, 2.45) is 5.10 Å². The van der Waals surface area contributed by atoms with E-state index in [0.29, 0.717) is 24.8 Å². The molecule has 4 rings (SSSR count). The van der Waals surface area contributed by atoms with Crippen molar-refractivity contribution in [3.8, 4) is 5.88 Å². The van der Waals surface area contributed by atoms with Crippen LogP contribution in [0.25, 0.3) is 0 Å². The highest BCUT2D eigenvalue weighted by atomic mass is 16.5. The Hall–Kier alpha value is -3.06. The Labute approximate surface area is 190 Å². The maximum absolute atomic E-state index is 5.97. The Balaban J connectivity index is 1.40. The highest BCUT2D eigenvalue weighted by Crippen LogP contribution is 2.25. The predicted molar refractivity (Wildman–Crippen MR) is 129 cm³/mol. The zero-order chi connectivity index (χ0) is 22.0. The lowest BCUT2D eigenvalue weighted by Crippen LogP contribution is -2.36. The number of hydrogen-bond donors (Lipinski definition) is 1. The maximum atomic E-state index is 5.97. The molecule has 7 nitrogen and oxygen atoms in total. The molecule has 1 radical (unpaired) electrons. The smallest absolute Gasteiger partial charge is 0.217 e. The number of benzene rings is 1. The highest BCUT2D eigenvalue weighted by Gasteiger charge is 2.14. The second-order valence-corrected chi connectivity index (χ2v) is 8.10. The third-order valence-corrected chi connectivity index (χ3v) is 5.52. The van der Waals surface area contributed by atoms with Crippen molar-refractivity contribution in [3.63, 3.8) is 0 Å². The van der Waals surface area contributed by atoms with Gasteiger partial charge in [0.15, 0.2) is 5.82 Å². The summed E-state index contributed by atoms with van der Waals surface area (Å²) in [6, 6.07) is 12.2. The van der Waals surface area contributed by atoms with Crippen LogP contribution in [0.5, 0.6) is 5.88 Å². The average molecular weight is 435 g/mol. The van der Waals surface area contributed by atoms with Gasteiger partial charge in [-0.3, -0.25) is 10.7 Å². The van der Waals surface area contributed by atoms with Crippen LogP contribution in [-0.2, 0) is 4.74 Å². The van der Waals surface area contributed by atoms with Gasteiger partial charge in [-0.1, -0.05) is 35.9 Å². The first-order chi connectivity index (χ1) is 15.8. The van der Waals surface area contributed by atoms with Crippen LogP contribution in [-0.4, -0.2) is 50.7 Å². The Morgan fingerprint density at radius 3 is 2.91 bits per heavy atom. The SMILES string of the molecule is Cc1cccc(C=NNc2cc(N3CCOCC3)cc(OCC[N]C3=CCCCC3)n2)c1. The zero-order valence-electron chi connectivity index (χ0n) is 18.8. The van der Waals surface area contributed by atoms with E-state index in [4.69, 9.17) is 9.47 Å². The number of aryl methyl sites for hydroxylation is 1. The number of nitrogens with one attached hydrogen (secondary N) is 1. The van der Waals surface area contributed by atoms with Gasteiger partial charge in [0.25, 0.3) is 0 Å². The Morgan fingerprint density at radius 2 is 2.09 bits per heavy atom. The fourth-order valence-electron chi connectivity index (χ4n) is 3.85. The molecule has 32 heavy (non-hydrogen) atoms. The number of aromatic nitrogens is 1. The van der Waals surface area contributed by atoms with Crippen molar-refractivity contribution in [2.45, 2.75) is 32.6 Å². The van der Waals surface area contributed by atoms with Gasteiger partial charge in [-0.25, -0.2) is 0 Å². The number of hydrazone groups is 1. The van der Waals surface area contributed by atoms with E-state index in [-0.39, 0.29) is 0 Å². The molecule has 7 heteroatoms. The molecule has 1 aromatic carbocycles. The molecule has 1 N–H and O–H groups in total. The highest BCUT2D eigenvalue weighted by molar-refractivity contribution is 5.80. The third kappa shape index (κ3) is 6.72. The zero-order valence-corrected chi connectivity index (χ0v) is 18.8. The number of rotatable bonds is 9. The summed E-state index contributed by atoms with van der Waals surface area (Å²) in [6.07, 6.45) is 8.77. The number of ether oxygens (including phenoxy) is 2. The molecule has 2 aromatic rings. The number of morpholine rings is 1. The molecule has 0 atom stereocenters. The van der Waals surface area contributed by atoms with Crippen molar-refractivity contribution >= 4 is 17.7 Å². The standard InChI is InChI=1S/C25H32N5O2/c1-20-6-5-7-21(16-20)19-27-29-24-17-23(30-11-14-31-15-12-30)18-25(28-24)32-13-10-26-22-8-3-2-4-9-22/h5-8,16-19H,2-4,9-15H2,1H3,(H,28,29). The molecule has 0 saturated carbocycles. The molecule has 1 aromatic heterocycles. The van der Waals surface area contributed by atoms with Crippen LogP contribution in [0.2, 0.25) is 0 Å². The lowest BCUT2D eigenvalue weighted by atomic mass is 10.1. The largest absolute Gasteiger partial charge is 0.476 e. The lowest BCUT2D eigenvalue weighted by molar-refractivity contribution is 0.122. The van der Waals surface area contributed by atoms with Gasteiger partial charge in [0.2, 0.25) is 5.88 Å². The van der Waals surface area contributed by atoms with Crippen molar-refractivity contribution in [3.05, 3.63) is 59.3 Å². The summed E-state index contributed by atoms with van der Waals surface area (Å²) in [4.78, 5) is 6.88. The van der Waals surface area contributed by atoms with Gasteiger partial charge in [-0.05, 0) is 38.2 Å². The van der Waals surface area contributed by atoms with E-state index in [2.05, 4.69) is 50.9 Å². The Kier molecular flexibility index (Phi) is 7.98. The second-order valence-electron chi connectivity index (χ2n) is 8.10. The molecule has 2 aliphatic rings. The van der Waals surface area contributed by atoms with Gasteiger partial charge in [-0.2, -0.15) is 10.1 Å². The van der Waals surface area contributed by atoms with E-state index in [1.54, 1.807) is 6.21 Å². The molecular weight excluding hydrogens is 402 g/mol. The molecule has 0 unspecified atom stereocenters. The number of pyridine rings is 1.